The lowest BCUT2D eigenvalue weighted by molar-refractivity contribution is 0.179. The molecule has 2 aromatic carbocycles. The maximum absolute atomic E-state index is 12.9. The fourth-order valence-corrected chi connectivity index (χ4v) is 5.55. The molecule has 1 aromatic heterocycles. The van der Waals surface area contributed by atoms with Crippen LogP contribution >= 0.6 is 11.6 Å². The minimum Gasteiger partial charge on any atom is -0.461 e. The third kappa shape index (κ3) is 3.85. The molecule has 0 radical (unpaired) electrons. The Morgan fingerprint density at radius 3 is 2.67 bits per heavy atom. The quantitative estimate of drug-likeness (QED) is 0.473. The zero-order chi connectivity index (χ0) is 21.7. The minimum atomic E-state index is -3.70. The number of rotatable bonds is 5. The van der Waals surface area contributed by atoms with Crippen molar-refractivity contribution in [3.8, 4) is 0 Å². The predicted octanol–water partition coefficient (Wildman–Crippen LogP) is 6.74. The second kappa shape index (κ2) is 7.61. The summed E-state index contributed by atoms with van der Waals surface area (Å²) >= 11 is 6.04. The van der Waals surface area contributed by atoms with Gasteiger partial charge in [0.25, 0.3) is 10.0 Å². The molecule has 0 fully saturated rings. The van der Waals surface area contributed by atoms with Crippen molar-refractivity contribution in [1.82, 2.24) is 0 Å². The van der Waals surface area contributed by atoms with Crippen molar-refractivity contribution in [3.05, 3.63) is 58.3 Å². The van der Waals surface area contributed by atoms with Crippen LogP contribution in [0.2, 0.25) is 5.02 Å². The Labute approximate surface area is 183 Å². The molecule has 0 saturated carbocycles. The van der Waals surface area contributed by atoms with Gasteiger partial charge in [0.1, 0.15) is 11.3 Å². The van der Waals surface area contributed by atoms with Gasteiger partial charge in [0.05, 0.1) is 4.90 Å². The van der Waals surface area contributed by atoms with Crippen LogP contribution in [0.4, 0.5) is 5.69 Å². The van der Waals surface area contributed by atoms with Crippen LogP contribution in [0.3, 0.4) is 0 Å². The SMILES string of the molecule is CCC(C)(C)[C@H]1CCc2oc3ccc(NS(=O)(=O)c4ccc(Cl)c(C)c4)cc3c2C1. The van der Waals surface area contributed by atoms with Crippen LogP contribution in [0.25, 0.3) is 11.0 Å². The van der Waals surface area contributed by atoms with Gasteiger partial charge in [-0.3, -0.25) is 4.72 Å². The van der Waals surface area contributed by atoms with E-state index in [4.69, 9.17) is 16.0 Å². The van der Waals surface area contributed by atoms with E-state index in [1.165, 1.54) is 11.6 Å². The predicted molar refractivity (Wildman–Crippen MR) is 123 cm³/mol. The number of halogens is 1. The highest BCUT2D eigenvalue weighted by Gasteiger charge is 2.33. The summed E-state index contributed by atoms with van der Waals surface area (Å²) < 4.78 is 34.5. The zero-order valence-corrected chi connectivity index (χ0v) is 19.5. The topological polar surface area (TPSA) is 59.3 Å². The zero-order valence-electron chi connectivity index (χ0n) is 17.9. The Morgan fingerprint density at radius 1 is 1.20 bits per heavy atom. The maximum Gasteiger partial charge on any atom is 0.261 e. The molecule has 0 amide bonds. The summed E-state index contributed by atoms with van der Waals surface area (Å²) in [6, 6.07) is 10.2. The second-order valence-electron chi connectivity index (χ2n) is 9.01. The van der Waals surface area contributed by atoms with Crippen LogP contribution in [0.15, 0.2) is 45.7 Å². The van der Waals surface area contributed by atoms with Gasteiger partial charge in [-0.05, 0) is 73.1 Å². The first-order chi connectivity index (χ1) is 14.1. The molecule has 3 aromatic rings. The van der Waals surface area contributed by atoms with Crippen LogP contribution < -0.4 is 4.72 Å². The highest BCUT2D eigenvalue weighted by atomic mass is 35.5. The van der Waals surface area contributed by atoms with Gasteiger partial charge < -0.3 is 4.42 Å². The number of fused-ring (bicyclic) bond motifs is 3. The van der Waals surface area contributed by atoms with Crippen molar-refractivity contribution in [1.29, 1.82) is 0 Å². The van der Waals surface area contributed by atoms with E-state index in [1.807, 2.05) is 12.1 Å². The standard InChI is InChI=1S/C24H28ClNO3S/c1-5-24(3,4)16-6-10-22-19(13-16)20-14-17(7-11-23(20)29-22)26-30(27,28)18-8-9-21(25)15(2)12-18/h7-9,11-12,14,16,26H,5-6,10,13H2,1-4H3/t16-/m0/s1. The molecule has 160 valence electrons. The normalized spacial score (nSPS) is 17.2. The van der Waals surface area contributed by atoms with E-state index in [1.54, 1.807) is 25.1 Å². The lowest BCUT2D eigenvalue weighted by atomic mass is 9.69. The first-order valence-electron chi connectivity index (χ1n) is 10.4. The molecule has 4 rings (SSSR count). The lowest BCUT2D eigenvalue weighted by Gasteiger charge is -2.36. The summed E-state index contributed by atoms with van der Waals surface area (Å²) in [5.74, 6) is 1.63. The molecular formula is C24H28ClNO3S. The minimum absolute atomic E-state index is 0.198. The van der Waals surface area contributed by atoms with Crippen molar-refractivity contribution >= 4 is 38.3 Å². The van der Waals surface area contributed by atoms with E-state index in [0.717, 1.165) is 48.0 Å². The molecule has 1 atom stereocenters. The average molecular weight is 446 g/mol. The third-order valence-electron chi connectivity index (χ3n) is 6.75. The van der Waals surface area contributed by atoms with Crippen LogP contribution in [0.1, 0.15) is 50.5 Å². The van der Waals surface area contributed by atoms with Gasteiger partial charge in [-0.25, -0.2) is 8.42 Å². The molecule has 1 aliphatic rings. The highest BCUT2D eigenvalue weighted by Crippen LogP contribution is 2.43. The van der Waals surface area contributed by atoms with Gasteiger partial charge in [-0.15, -0.1) is 0 Å². The lowest BCUT2D eigenvalue weighted by Crippen LogP contribution is -2.28. The van der Waals surface area contributed by atoms with E-state index in [9.17, 15) is 8.42 Å². The van der Waals surface area contributed by atoms with Crippen LogP contribution in [-0.2, 0) is 22.9 Å². The van der Waals surface area contributed by atoms with E-state index < -0.39 is 10.0 Å². The number of sulfonamides is 1. The van der Waals surface area contributed by atoms with Crippen molar-refractivity contribution in [2.24, 2.45) is 11.3 Å². The molecule has 0 saturated heterocycles. The summed E-state index contributed by atoms with van der Waals surface area (Å²) in [5.41, 5.74) is 3.58. The summed E-state index contributed by atoms with van der Waals surface area (Å²) in [6.07, 6.45) is 4.16. The largest absolute Gasteiger partial charge is 0.461 e. The van der Waals surface area contributed by atoms with Gasteiger partial charge in [0.15, 0.2) is 0 Å². The molecule has 1 aliphatic carbocycles. The Morgan fingerprint density at radius 2 is 1.97 bits per heavy atom. The second-order valence-corrected chi connectivity index (χ2v) is 11.1. The van der Waals surface area contributed by atoms with Crippen LogP contribution in [0, 0.1) is 18.3 Å². The average Bonchev–Trinajstić information content (AvgIpc) is 3.07. The number of anilines is 1. The molecule has 0 spiro atoms. The first-order valence-corrected chi connectivity index (χ1v) is 12.3. The smallest absolute Gasteiger partial charge is 0.261 e. The van der Waals surface area contributed by atoms with Gasteiger partial charge >= 0.3 is 0 Å². The molecule has 4 nitrogen and oxygen atoms in total. The number of hydrogen-bond donors (Lipinski definition) is 1. The van der Waals surface area contributed by atoms with Crippen LogP contribution in [0.5, 0.6) is 0 Å². The van der Waals surface area contributed by atoms with Crippen LogP contribution in [-0.4, -0.2) is 8.42 Å². The number of hydrogen-bond acceptors (Lipinski definition) is 3. The maximum atomic E-state index is 12.9. The molecule has 0 aliphatic heterocycles. The molecule has 0 unspecified atom stereocenters. The molecule has 30 heavy (non-hydrogen) atoms. The number of benzene rings is 2. The Hall–Kier alpha value is -1.98. The molecule has 1 N–H and O–H groups in total. The monoisotopic (exact) mass is 445 g/mol. The fraction of sp³-hybridized carbons (Fsp3) is 0.417. The van der Waals surface area contributed by atoms with Crippen molar-refractivity contribution in [2.75, 3.05) is 4.72 Å². The number of aryl methyl sites for hydroxylation is 2. The van der Waals surface area contributed by atoms with Gasteiger partial charge in [-0.1, -0.05) is 38.8 Å². The van der Waals surface area contributed by atoms with E-state index in [-0.39, 0.29) is 10.3 Å². The summed E-state index contributed by atoms with van der Waals surface area (Å²) in [7, 11) is -3.70. The number of furan rings is 1. The van der Waals surface area contributed by atoms with Gasteiger partial charge in [-0.2, -0.15) is 0 Å². The molecule has 0 bridgehead atoms. The van der Waals surface area contributed by atoms with Crippen molar-refractivity contribution in [2.45, 2.75) is 58.3 Å². The summed E-state index contributed by atoms with van der Waals surface area (Å²) in [5, 5.41) is 1.55. The molecular weight excluding hydrogens is 418 g/mol. The van der Waals surface area contributed by atoms with Crippen molar-refractivity contribution in [3.63, 3.8) is 0 Å². The first kappa shape index (κ1) is 21.3. The van der Waals surface area contributed by atoms with E-state index in [0.29, 0.717) is 16.6 Å². The Kier molecular flexibility index (Phi) is 5.39. The molecule has 1 heterocycles. The van der Waals surface area contributed by atoms with Gasteiger partial charge in [0.2, 0.25) is 0 Å². The third-order valence-corrected chi connectivity index (χ3v) is 8.56. The molecule has 6 heteroatoms. The van der Waals surface area contributed by atoms with E-state index >= 15 is 0 Å². The Bertz CT molecular complexity index is 1210. The highest BCUT2D eigenvalue weighted by molar-refractivity contribution is 7.92. The summed E-state index contributed by atoms with van der Waals surface area (Å²) in [4.78, 5) is 0.198. The van der Waals surface area contributed by atoms with Gasteiger partial charge in [0, 0.05) is 28.1 Å². The Balaban J connectivity index is 1.67. The number of nitrogens with one attached hydrogen (secondary N) is 1. The fourth-order valence-electron chi connectivity index (χ4n) is 4.30. The van der Waals surface area contributed by atoms with E-state index in [2.05, 4.69) is 25.5 Å². The summed E-state index contributed by atoms with van der Waals surface area (Å²) in [6.45, 7) is 8.70. The van der Waals surface area contributed by atoms with Crippen molar-refractivity contribution < 1.29 is 12.8 Å².